The lowest BCUT2D eigenvalue weighted by atomic mass is 9.98. The van der Waals surface area contributed by atoms with Crippen molar-refractivity contribution >= 4 is 16.7 Å². The smallest absolute Gasteiger partial charge is 0.288 e. The highest BCUT2D eigenvalue weighted by molar-refractivity contribution is 5.84. The molecule has 0 saturated carbocycles. The van der Waals surface area contributed by atoms with Crippen molar-refractivity contribution in [3.8, 4) is 0 Å². The molecular formula is C23H29F3N2O. The zero-order valence-electron chi connectivity index (χ0n) is 16.9. The van der Waals surface area contributed by atoms with Crippen molar-refractivity contribution in [2.45, 2.75) is 70.5 Å². The Balaban J connectivity index is 1.71. The van der Waals surface area contributed by atoms with Gasteiger partial charge in [0.05, 0.1) is 0 Å². The van der Waals surface area contributed by atoms with Crippen molar-refractivity contribution in [3.63, 3.8) is 0 Å². The average molecular weight is 406 g/mol. The fourth-order valence-electron chi connectivity index (χ4n) is 3.98. The maximum atomic E-state index is 13.7. The third kappa shape index (κ3) is 5.72. The summed E-state index contributed by atoms with van der Waals surface area (Å²) in [7, 11) is 0. The number of benzene rings is 2. The Bertz CT molecular complexity index is 834. The Hall–Kier alpha value is -2.08. The number of rotatable bonds is 9. The SMILES string of the molecule is CCCCCCCCc1ccc2cc([C@H](N3CCC(=O)N3)C(F)(F)F)ccc2c1. The van der Waals surface area contributed by atoms with Gasteiger partial charge in [-0.05, 0) is 40.8 Å². The number of carbonyl (C=O) groups is 1. The first kappa shape index (κ1) is 21.6. The van der Waals surface area contributed by atoms with Crippen LogP contribution in [0.3, 0.4) is 0 Å². The number of halogens is 3. The molecule has 158 valence electrons. The van der Waals surface area contributed by atoms with Gasteiger partial charge in [0.15, 0.2) is 0 Å². The minimum atomic E-state index is -4.47. The highest BCUT2D eigenvalue weighted by atomic mass is 19.4. The van der Waals surface area contributed by atoms with Crippen molar-refractivity contribution in [2.75, 3.05) is 6.54 Å². The molecule has 1 saturated heterocycles. The quantitative estimate of drug-likeness (QED) is 0.512. The number of hydrogen-bond acceptors (Lipinski definition) is 2. The van der Waals surface area contributed by atoms with Crippen LogP contribution in [0.25, 0.3) is 10.8 Å². The first-order valence-electron chi connectivity index (χ1n) is 10.5. The molecule has 0 spiro atoms. The second-order valence-corrected chi connectivity index (χ2v) is 7.88. The number of nitrogens with one attached hydrogen (secondary N) is 1. The fourth-order valence-corrected chi connectivity index (χ4v) is 3.98. The van der Waals surface area contributed by atoms with E-state index < -0.39 is 12.2 Å². The molecule has 0 radical (unpaired) electrons. The molecule has 3 nitrogen and oxygen atoms in total. The lowest BCUT2D eigenvalue weighted by Crippen LogP contribution is -2.43. The summed E-state index contributed by atoms with van der Waals surface area (Å²) in [6.07, 6.45) is 4.04. The molecule has 6 heteroatoms. The zero-order chi connectivity index (χ0) is 20.9. The maximum Gasteiger partial charge on any atom is 0.409 e. The van der Waals surface area contributed by atoms with Crippen LogP contribution < -0.4 is 5.43 Å². The molecule has 1 aliphatic rings. The number of fused-ring (bicyclic) bond motifs is 1. The van der Waals surface area contributed by atoms with Crippen LogP contribution >= 0.6 is 0 Å². The summed E-state index contributed by atoms with van der Waals surface area (Å²) >= 11 is 0. The van der Waals surface area contributed by atoms with Crippen molar-refractivity contribution in [3.05, 3.63) is 47.5 Å². The molecule has 1 amide bonds. The van der Waals surface area contributed by atoms with Gasteiger partial charge in [0, 0.05) is 13.0 Å². The van der Waals surface area contributed by atoms with Crippen LogP contribution in [0.1, 0.15) is 69.0 Å². The Kier molecular flexibility index (Phi) is 7.17. The van der Waals surface area contributed by atoms with E-state index in [2.05, 4.69) is 18.4 Å². The van der Waals surface area contributed by atoms with Crippen LogP contribution in [-0.4, -0.2) is 23.6 Å². The molecule has 1 fully saturated rings. The summed E-state index contributed by atoms with van der Waals surface area (Å²) in [4.78, 5) is 11.4. The number of aryl methyl sites for hydroxylation is 1. The monoisotopic (exact) mass is 406 g/mol. The van der Waals surface area contributed by atoms with Crippen LogP contribution in [0.15, 0.2) is 36.4 Å². The van der Waals surface area contributed by atoms with Gasteiger partial charge in [-0.1, -0.05) is 69.4 Å². The third-order valence-electron chi connectivity index (χ3n) is 5.53. The second kappa shape index (κ2) is 9.61. The van der Waals surface area contributed by atoms with E-state index in [9.17, 15) is 18.0 Å². The topological polar surface area (TPSA) is 32.3 Å². The van der Waals surface area contributed by atoms with Crippen molar-refractivity contribution in [2.24, 2.45) is 0 Å². The zero-order valence-corrected chi connectivity index (χ0v) is 16.9. The number of alkyl halides is 3. The Morgan fingerprint density at radius 1 is 1.00 bits per heavy atom. The van der Waals surface area contributed by atoms with E-state index >= 15 is 0 Å². The lowest BCUT2D eigenvalue weighted by molar-refractivity contribution is -0.191. The number of nitrogens with zero attached hydrogens (tertiary/aromatic N) is 1. The normalized spacial score (nSPS) is 16.3. The van der Waals surface area contributed by atoms with Crippen molar-refractivity contribution < 1.29 is 18.0 Å². The standard InChI is InChI=1S/C23H29F3N2O/c1-2-3-4-5-6-7-8-17-9-10-19-16-20(12-11-18(19)15-17)22(23(24,25)26)28-14-13-21(29)27-28/h9-12,15-16,22H,2-8,13-14H2,1H3,(H,27,29)/t22-/m0/s1. The molecule has 1 N–H and O–H groups in total. The molecule has 0 unspecified atom stereocenters. The molecule has 1 aliphatic heterocycles. The fraction of sp³-hybridized carbons (Fsp3) is 0.522. The molecule has 0 bridgehead atoms. The number of hydrazine groups is 1. The van der Waals surface area contributed by atoms with Gasteiger partial charge in [-0.15, -0.1) is 0 Å². The van der Waals surface area contributed by atoms with E-state index in [1.807, 2.05) is 12.1 Å². The second-order valence-electron chi connectivity index (χ2n) is 7.88. The Morgan fingerprint density at radius 2 is 1.69 bits per heavy atom. The predicted molar refractivity (Wildman–Crippen MR) is 109 cm³/mol. The summed E-state index contributed by atoms with van der Waals surface area (Å²) in [6, 6.07) is 9.03. The summed E-state index contributed by atoms with van der Waals surface area (Å²) in [5, 5.41) is 2.73. The van der Waals surface area contributed by atoms with Crippen LogP contribution in [0.4, 0.5) is 13.2 Å². The first-order chi connectivity index (χ1) is 13.9. The molecule has 2 aromatic rings. The van der Waals surface area contributed by atoms with Gasteiger partial charge in [-0.3, -0.25) is 10.2 Å². The maximum absolute atomic E-state index is 13.7. The highest BCUT2D eigenvalue weighted by Gasteiger charge is 2.46. The molecule has 3 rings (SSSR count). The highest BCUT2D eigenvalue weighted by Crippen LogP contribution is 2.38. The van der Waals surface area contributed by atoms with Crippen LogP contribution in [0.2, 0.25) is 0 Å². The van der Waals surface area contributed by atoms with Gasteiger partial charge < -0.3 is 0 Å². The van der Waals surface area contributed by atoms with E-state index in [1.165, 1.54) is 43.7 Å². The van der Waals surface area contributed by atoms with Gasteiger partial charge in [-0.25, -0.2) is 5.01 Å². The summed E-state index contributed by atoms with van der Waals surface area (Å²) in [5.41, 5.74) is 3.70. The van der Waals surface area contributed by atoms with Gasteiger partial charge in [0.2, 0.25) is 5.91 Å². The van der Waals surface area contributed by atoms with E-state index in [-0.39, 0.29) is 24.4 Å². The summed E-state index contributed by atoms with van der Waals surface area (Å²) in [5.74, 6) is -0.376. The number of unbranched alkanes of at least 4 members (excludes halogenated alkanes) is 5. The number of hydrogen-bond donors (Lipinski definition) is 1. The molecule has 1 atom stereocenters. The Labute approximate surface area is 170 Å². The number of carbonyl (C=O) groups excluding carboxylic acids is 1. The van der Waals surface area contributed by atoms with E-state index in [0.29, 0.717) is 0 Å². The van der Waals surface area contributed by atoms with Crippen molar-refractivity contribution in [1.29, 1.82) is 0 Å². The number of amides is 1. The van der Waals surface area contributed by atoms with Crippen LogP contribution in [-0.2, 0) is 11.2 Å². The average Bonchev–Trinajstić information content (AvgIpc) is 3.09. The lowest BCUT2D eigenvalue weighted by Gasteiger charge is -2.29. The minimum Gasteiger partial charge on any atom is -0.288 e. The molecule has 2 aromatic carbocycles. The molecule has 0 aliphatic carbocycles. The largest absolute Gasteiger partial charge is 0.409 e. The predicted octanol–water partition coefficient (Wildman–Crippen LogP) is 6.08. The third-order valence-corrected chi connectivity index (χ3v) is 5.53. The molecule has 1 heterocycles. The van der Waals surface area contributed by atoms with Crippen LogP contribution in [0, 0.1) is 0 Å². The summed E-state index contributed by atoms with van der Waals surface area (Å²) in [6.45, 7) is 2.26. The van der Waals surface area contributed by atoms with Gasteiger partial charge in [-0.2, -0.15) is 13.2 Å². The Morgan fingerprint density at radius 3 is 2.38 bits per heavy atom. The van der Waals surface area contributed by atoms with Crippen molar-refractivity contribution in [1.82, 2.24) is 10.4 Å². The van der Waals surface area contributed by atoms with Gasteiger partial charge in [0.25, 0.3) is 0 Å². The van der Waals surface area contributed by atoms with Gasteiger partial charge in [0.1, 0.15) is 6.04 Å². The van der Waals surface area contributed by atoms with Gasteiger partial charge >= 0.3 is 6.18 Å². The molecular weight excluding hydrogens is 377 g/mol. The first-order valence-corrected chi connectivity index (χ1v) is 10.5. The molecule has 0 aromatic heterocycles. The van der Waals surface area contributed by atoms with E-state index in [0.717, 1.165) is 28.6 Å². The van der Waals surface area contributed by atoms with E-state index in [4.69, 9.17) is 0 Å². The van der Waals surface area contributed by atoms with E-state index in [1.54, 1.807) is 12.1 Å². The summed E-state index contributed by atoms with van der Waals surface area (Å²) < 4.78 is 41.1. The van der Waals surface area contributed by atoms with Crippen LogP contribution in [0.5, 0.6) is 0 Å². The minimum absolute atomic E-state index is 0.0538. The molecule has 29 heavy (non-hydrogen) atoms.